The van der Waals surface area contributed by atoms with Gasteiger partial charge in [-0.05, 0) is 12.5 Å². The standard InChI is InChI=1S/C7H10N2/c1-2-3-7-4-5-8-6-9-7/h4-6H,2-3H2,1H3/i6D. The van der Waals surface area contributed by atoms with Crippen LogP contribution in [0.3, 0.4) is 0 Å². The molecule has 0 saturated carbocycles. The van der Waals surface area contributed by atoms with Crippen LogP contribution in [0.25, 0.3) is 0 Å². The Labute approximate surface area is 56.4 Å². The van der Waals surface area contributed by atoms with Gasteiger partial charge in [0.2, 0.25) is 0 Å². The van der Waals surface area contributed by atoms with Gasteiger partial charge < -0.3 is 0 Å². The Balaban J connectivity index is 2.75. The van der Waals surface area contributed by atoms with Gasteiger partial charge in [0.15, 0.2) is 0 Å². The fraction of sp³-hybridized carbons (Fsp3) is 0.429. The van der Waals surface area contributed by atoms with Crippen LogP contribution in [-0.2, 0) is 6.42 Å². The molecule has 1 heterocycles. The molecule has 0 bridgehead atoms. The summed E-state index contributed by atoms with van der Waals surface area (Å²) in [6.45, 7) is 2.09. The maximum absolute atomic E-state index is 7.09. The van der Waals surface area contributed by atoms with Crippen LogP contribution < -0.4 is 0 Å². The molecule has 2 nitrogen and oxygen atoms in total. The van der Waals surface area contributed by atoms with E-state index in [0.717, 1.165) is 18.5 Å². The van der Waals surface area contributed by atoms with E-state index in [2.05, 4.69) is 16.9 Å². The van der Waals surface area contributed by atoms with Gasteiger partial charge in [0.25, 0.3) is 0 Å². The highest BCUT2D eigenvalue weighted by molar-refractivity contribution is 4.96. The second-order valence-corrected chi connectivity index (χ2v) is 1.90. The normalized spacial score (nSPS) is 11.0. The van der Waals surface area contributed by atoms with Crippen molar-refractivity contribution < 1.29 is 1.37 Å². The molecular weight excluding hydrogens is 112 g/mol. The molecular formula is C7H10N2. The van der Waals surface area contributed by atoms with Crippen molar-refractivity contribution in [1.29, 1.82) is 0 Å². The third kappa shape index (κ3) is 1.80. The zero-order valence-electron chi connectivity index (χ0n) is 6.46. The Bertz CT molecular complexity index is 213. The molecule has 0 unspecified atom stereocenters. The SMILES string of the molecule is [2H]c1nccc(CCC)n1. The lowest BCUT2D eigenvalue weighted by molar-refractivity contribution is 0.872. The molecule has 9 heavy (non-hydrogen) atoms. The lowest BCUT2D eigenvalue weighted by Crippen LogP contribution is -1.87. The Kier molecular flexibility index (Phi) is 1.73. The van der Waals surface area contributed by atoms with Crippen LogP contribution in [0.4, 0.5) is 0 Å². The van der Waals surface area contributed by atoms with Gasteiger partial charge in [0, 0.05) is 11.9 Å². The van der Waals surface area contributed by atoms with Gasteiger partial charge in [-0.1, -0.05) is 13.3 Å². The van der Waals surface area contributed by atoms with Gasteiger partial charge in [0.05, 0.1) is 0 Å². The van der Waals surface area contributed by atoms with E-state index in [1.54, 1.807) is 6.20 Å². The summed E-state index contributed by atoms with van der Waals surface area (Å²) >= 11 is 0. The van der Waals surface area contributed by atoms with Crippen molar-refractivity contribution in [3.05, 3.63) is 24.3 Å². The summed E-state index contributed by atoms with van der Waals surface area (Å²) in [5.41, 5.74) is 0.961. The summed E-state index contributed by atoms with van der Waals surface area (Å²) in [5, 5.41) is 0. The molecule has 1 aromatic heterocycles. The van der Waals surface area contributed by atoms with Crippen molar-refractivity contribution in [1.82, 2.24) is 9.97 Å². The minimum absolute atomic E-state index is 0.117. The zero-order valence-corrected chi connectivity index (χ0v) is 5.46. The first-order valence-electron chi connectivity index (χ1n) is 3.61. The van der Waals surface area contributed by atoms with Crippen molar-refractivity contribution in [2.75, 3.05) is 0 Å². The quantitative estimate of drug-likeness (QED) is 0.594. The molecule has 1 aromatic rings. The van der Waals surface area contributed by atoms with Crippen molar-refractivity contribution in [3.63, 3.8) is 0 Å². The maximum atomic E-state index is 7.09. The van der Waals surface area contributed by atoms with Gasteiger partial charge in [0.1, 0.15) is 7.67 Å². The Morgan fingerprint density at radius 1 is 1.78 bits per heavy atom. The van der Waals surface area contributed by atoms with E-state index in [1.165, 1.54) is 0 Å². The average Bonchev–Trinajstić information content (AvgIpc) is 1.88. The molecule has 0 saturated heterocycles. The molecule has 0 spiro atoms. The van der Waals surface area contributed by atoms with Gasteiger partial charge >= 0.3 is 0 Å². The van der Waals surface area contributed by atoms with E-state index in [9.17, 15) is 0 Å². The van der Waals surface area contributed by atoms with Gasteiger partial charge in [-0.25, -0.2) is 9.97 Å². The van der Waals surface area contributed by atoms with Crippen LogP contribution >= 0.6 is 0 Å². The summed E-state index contributed by atoms with van der Waals surface area (Å²) in [5.74, 6) is 0. The summed E-state index contributed by atoms with van der Waals surface area (Å²) in [4.78, 5) is 7.60. The summed E-state index contributed by atoms with van der Waals surface area (Å²) in [6.07, 6.45) is 3.75. The maximum Gasteiger partial charge on any atom is 0.115 e. The molecule has 0 aromatic carbocycles. The highest BCUT2D eigenvalue weighted by Gasteiger charge is 1.86. The summed E-state index contributed by atoms with van der Waals surface area (Å²) in [6, 6.07) is 1.85. The second-order valence-electron chi connectivity index (χ2n) is 1.90. The Hall–Kier alpha value is -0.920. The molecule has 48 valence electrons. The summed E-state index contributed by atoms with van der Waals surface area (Å²) < 4.78 is 7.09. The van der Waals surface area contributed by atoms with Gasteiger partial charge in [-0.15, -0.1) is 0 Å². The predicted molar refractivity (Wildman–Crippen MR) is 36.0 cm³/mol. The fourth-order valence-corrected chi connectivity index (χ4v) is 0.682. The van der Waals surface area contributed by atoms with Crippen molar-refractivity contribution in [2.45, 2.75) is 19.8 Å². The number of rotatable bonds is 2. The number of nitrogens with zero attached hydrogens (tertiary/aromatic N) is 2. The minimum atomic E-state index is 0.117. The Morgan fingerprint density at radius 2 is 2.67 bits per heavy atom. The van der Waals surface area contributed by atoms with E-state index in [0.29, 0.717) is 0 Å². The van der Waals surface area contributed by atoms with Crippen molar-refractivity contribution >= 4 is 0 Å². The fourth-order valence-electron chi connectivity index (χ4n) is 0.682. The first kappa shape index (κ1) is 4.91. The molecule has 0 aliphatic heterocycles. The lowest BCUT2D eigenvalue weighted by atomic mass is 10.2. The molecule has 0 aliphatic rings. The van der Waals surface area contributed by atoms with Crippen LogP contribution in [0.15, 0.2) is 18.6 Å². The average molecular weight is 123 g/mol. The van der Waals surface area contributed by atoms with E-state index < -0.39 is 0 Å². The third-order valence-electron chi connectivity index (χ3n) is 1.10. The van der Waals surface area contributed by atoms with Crippen LogP contribution in [0, 0.1) is 0 Å². The molecule has 0 radical (unpaired) electrons. The number of aryl methyl sites for hydroxylation is 1. The third-order valence-corrected chi connectivity index (χ3v) is 1.10. The zero-order chi connectivity index (χ0) is 7.40. The highest BCUT2D eigenvalue weighted by atomic mass is 14.8. The first-order chi connectivity index (χ1) is 4.83. The molecule has 1 rings (SSSR count). The smallest absolute Gasteiger partial charge is 0.115 e. The van der Waals surface area contributed by atoms with Crippen LogP contribution in [0.2, 0.25) is 0 Å². The van der Waals surface area contributed by atoms with Crippen LogP contribution in [0.1, 0.15) is 20.4 Å². The number of hydrogen-bond acceptors (Lipinski definition) is 2. The molecule has 0 fully saturated rings. The predicted octanol–water partition coefficient (Wildman–Crippen LogP) is 1.43. The first-order valence-corrected chi connectivity index (χ1v) is 3.11. The molecule has 0 atom stereocenters. The van der Waals surface area contributed by atoms with Crippen molar-refractivity contribution in [2.24, 2.45) is 0 Å². The van der Waals surface area contributed by atoms with Gasteiger partial charge in [-0.3, -0.25) is 0 Å². The van der Waals surface area contributed by atoms with E-state index in [1.807, 2.05) is 6.07 Å². The lowest BCUT2D eigenvalue weighted by Gasteiger charge is -1.92. The van der Waals surface area contributed by atoms with E-state index >= 15 is 0 Å². The molecule has 2 heteroatoms. The monoisotopic (exact) mass is 123 g/mol. The molecule has 0 aliphatic carbocycles. The van der Waals surface area contributed by atoms with Crippen LogP contribution in [-0.4, -0.2) is 9.97 Å². The topological polar surface area (TPSA) is 25.8 Å². The summed E-state index contributed by atoms with van der Waals surface area (Å²) in [7, 11) is 0. The number of hydrogen-bond donors (Lipinski definition) is 0. The largest absolute Gasteiger partial charge is 0.245 e. The van der Waals surface area contributed by atoms with Crippen molar-refractivity contribution in [3.8, 4) is 0 Å². The molecule has 0 amide bonds. The van der Waals surface area contributed by atoms with E-state index in [-0.39, 0.29) is 6.30 Å². The minimum Gasteiger partial charge on any atom is -0.245 e. The van der Waals surface area contributed by atoms with E-state index in [4.69, 9.17) is 1.37 Å². The van der Waals surface area contributed by atoms with Gasteiger partial charge in [-0.2, -0.15) is 0 Å². The second kappa shape index (κ2) is 3.17. The highest BCUT2D eigenvalue weighted by Crippen LogP contribution is 1.94. The Morgan fingerprint density at radius 3 is 3.33 bits per heavy atom. The molecule has 0 N–H and O–H groups in total. The number of aromatic nitrogens is 2. The van der Waals surface area contributed by atoms with Crippen LogP contribution in [0.5, 0.6) is 0 Å².